The minimum absolute atomic E-state index is 0.0963. The largest absolute Gasteiger partial charge is 0.573 e. The van der Waals surface area contributed by atoms with Crippen LogP contribution in [0.1, 0.15) is 24.5 Å². The van der Waals surface area contributed by atoms with Gasteiger partial charge in [0.1, 0.15) is 17.2 Å². The molecule has 0 saturated carbocycles. The number of ether oxygens (including phenoxy) is 3. The van der Waals surface area contributed by atoms with E-state index in [0.29, 0.717) is 36.6 Å². The maximum absolute atomic E-state index is 12.7. The Kier molecular flexibility index (Phi) is 8.95. The zero-order valence-corrected chi connectivity index (χ0v) is 22.6. The highest BCUT2D eigenvalue weighted by Crippen LogP contribution is 2.26. The van der Waals surface area contributed by atoms with Crippen molar-refractivity contribution in [1.29, 1.82) is 0 Å². The molecule has 0 radical (unpaired) electrons. The van der Waals surface area contributed by atoms with Crippen LogP contribution in [0.3, 0.4) is 0 Å². The van der Waals surface area contributed by atoms with Gasteiger partial charge >= 0.3 is 18.4 Å². The molecule has 2 amide bonds. The van der Waals surface area contributed by atoms with Crippen LogP contribution in [0.25, 0.3) is 0 Å². The number of hydrogen-bond donors (Lipinski definition) is 1. The average molecular weight is 573 g/mol. The van der Waals surface area contributed by atoms with Crippen molar-refractivity contribution in [1.82, 2.24) is 9.80 Å². The highest BCUT2D eigenvalue weighted by atomic mass is 19.4. The molecule has 0 unspecified atom stereocenters. The van der Waals surface area contributed by atoms with E-state index in [4.69, 9.17) is 9.47 Å². The molecular weight excluding hydrogens is 541 g/mol. The molecule has 2 atom stereocenters. The maximum Gasteiger partial charge on any atom is 0.573 e. The van der Waals surface area contributed by atoms with Gasteiger partial charge in [-0.2, -0.15) is 0 Å². The van der Waals surface area contributed by atoms with Gasteiger partial charge in [0, 0.05) is 33.0 Å². The zero-order chi connectivity index (χ0) is 29.6. The average Bonchev–Trinajstić information content (AvgIpc) is 3.18. The van der Waals surface area contributed by atoms with Gasteiger partial charge in [-0.15, -0.1) is 13.2 Å². The van der Waals surface area contributed by atoms with Crippen molar-refractivity contribution in [3.8, 4) is 17.2 Å². The minimum Gasteiger partial charge on any atom is -0.494 e. The number of halogens is 3. The van der Waals surface area contributed by atoms with Crippen LogP contribution in [-0.4, -0.2) is 65.1 Å². The Bertz CT molecular complexity index is 1320. The maximum atomic E-state index is 12.7. The van der Waals surface area contributed by atoms with Gasteiger partial charge in [0.05, 0.1) is 12.6 Å². The normalized spacial score (nSPS) is 16.8. The van der Waals surface area contributed by atoms with Gasteiger partial charge in [0.2, 0.25) is 5.60 Å². The summed E-state index contributed by atoms with van der Waals surface area (Å²) in [5, 5.41) is 9.80. The fourth-order valence-electron chi connectivity index (χ4n) is 4.58. The number of alkyl halides is 3. The summed E-state index contributed by atoms with van der Waals surface area (Å²) in [6.07, 6.45) is -4.03. The van der Waals surface area contributed by atoms with Crippen LogP contribution >= 0.6 is 0 Å². The van der Waals surface area contributed by atoms with Crippen LogP contribution in [0.5, 0.6) is 17.2 Å². The number of para-hydroxylation sites is 1. The fraction of sp³-hybridized carbons (Fsp3) is 0.333. The molecule has 11 heteroatoms. The predicted molar refractivity (Wildman–Crippen MR) is 144 cm³/mol. The van der Waals surface area contributed by atoms with Crippen molar-refractivity contribution in [3.63, 3.8) is 0 Å². The Balaban J connectivity index is 1.26. The van der Waals surface area contributed by atoms with Crippen molar-refractivity contribution in [2.24, 2.45) is 0 Å². The lowest BCUT2D eigenvalue weighted by molar-refractivity contribution is -0.274. The van der Waals surface area contributed by atoms with Gasteiger partial charge < -0.3 is 29.1 Å². The molecule has 1 aliphatic heterocycles. The van der Waals surface area contributed by atoms with E-state index in [9.17, 15) is 27.9 Å². The Labute approximate surface area is 235 Å². The van der Waals surface area contributed by atoms with Crippen LogP contribution in [0.2, 0.25) is 0 Å². The number of aliphatic carboxylic acids is 1. The number of benzene rings is 3. The van der Waals surface area contributed by atoms with Crippen molar-refractivity contribution >= 4 is 12.0 Å². The number of carboxylic acids is 1. The van der Waals surface area contributed by atoms with Crippen LogP contribution in [0.15, 0.2) is 78.9 Å². The number of carboxylic acid groups (broad SMARTS) is 1. The molecule has 0 spiro atoms. The Hall–Kier alpha value is -4.41. The number of hydrogen-bond acceptors (Lipinski definition) is 5. The van der Waals surface area contributed by atoms with Gasteiger partial charge in [0.25, 0.3) is 0 Å². The number of carbonyl (C=O) groups excluding carboxylic acids is 1. The molecule has 1 N–H and O–H groups in total. The minimum atomic E-state index is -4.76. The second-order valence-corrected chi connectivity index (χ2v) is 10.0. The van der Waals surface area contributed by atoms with Gasteiger partial charge in [-0.25, -0.2) is 9.59 Å². The molecule has 3 aromatic carbocycles. The molecule has 3 aromatic rings. The van der Waals surface area contributed by atoms with Gasteiger partial charge in [-0.3, -0.25) is 0 Å². The first-order valence-electron chi connectivity index (χ1n) is 13.0. The summed E-state index contributed by atoms with van der Waals surface area (Å²) < 4.78 is 52.7. The monoisotopic (exact) mass is 572 g/mol. The highest BCUT2D eigenvalue weighted by molar-refractivity contribution is 5.78. The number of likely N-dealkylation sites (N-methyl/N-ethyl adjacent to an activating group) is 1. The van der Waals surface area contributed by atoms with E-state index >= 15 is 0 Å². The molecule has 1 fully saturated rings. The third-order valence-corrected chi connectivity index (χ3v) is 6.80. The predicted octanol–water partition coefficient (Wildman–Crippen LogP) is 5.76. The van der Waals surface area contributed by atoms with Crippen molar-refractivity contribution < 1.29 is 42.1 Å². The Morgan fingerprint density at radius 3 is 2.10 bits per heavy atom. The number of carbonyl (C=O) groups is 2. The highest BCUT2D eigenvalue weighted by Gasteiger charge is 2.36. The second-order valence-electron chi connectivity index (χ2n) is 10.0. The summed E-state index contributed by atoms with van der Waals surface area (Å²) in [6.45, 7) is 2.60. The summed E-state index contributed by atoms with van der Waals surface area (Å²) in [5.74, 6) is -0.302. The Morgan fingerprint density at radius 1 is 0.902 bits per heavy atom. The van der Waals surface area contributed by atoms with E-state index in [-0.39, 0.29) is 30.8 Å². The molecule has 4 rings (SSSR count). The van der Waals surface area contributed by atoms with Crippen molar-refractivity contribution in [2.45, 2.75) is 44.3 Å². The number of rotatable bonds is 12. The Morgan fingerprint density at radius 2 is 1.49 bits per heavy atom. The zero-order valence-electron chi connectivity index (χ0n) is 22.6. The van der Waals surface area contributed by atoms with E-state index in [1.807, 2.05) is 6.07 Å². The van der Waals surface area contributed by atoms with E-state index in [1.165, 1.54) is 31.2 Å². The van der Waals surface area contributed by atoms with Crippen molar-refractivity contribution in [2.75, 3.05) is 20.2 Å². The molecule has 41 heavy (non-hydrogen) atoms. The smallest absolute Gasteiger partial charge is 0.494 e. The first-order valence-corrected chi connectivity index (χ1v) is 13.0. The van der Waals surface area contributed by atoms with Crippen LogP contribution in [-0.2, 0) is 17.8 Å². The summed E-state index contributed by atoms with van der Waals surface area (Å²) in [6, 6.07) is 21.1. The van der Waals surface area contributed by atoms with Crippen LogP contribution < -0.4 is 14.2 Å². The first-order chi connectivity index (χ1) is 19.4. The van der Waals surface area contributed by atoms with Crippen molar-refractivity contribution in [3.05, 3.63) is 90.0 Å². The van der Waals surface area contributed by atoms with Crippen LogP contribution in [0.4, 0.5) is 18.0 Å². The summed E-state index contributed by atoms with van der Waals surface area (Å²) in [5.41, 5.74) is 0.00744. The van der Waals surface area contributed by atoms with E-state index in [0.717, 1.165) is 5.56 Å². The SMILES string of the molecule is CN1C(=O)N(Cc2ccc(OC(F)(F)F)cc2)C[C@@H]1CCOc1ccc(C[C@](C)(Oc2ccccc2)C(=O)O)cc1. The molecule has 1 aliphatic rings. The summed E-state index contributed by atoms with van der Waals surface area (Å²) in [7, 11) is 1.71. The third kappa shape index (κ3) is 8.06. The molecule has 0 aromatic heterocycles. The molecule has 218 valence electrons. The molecule has 0 bridgehead atoms. The summed E-state index contributed by atoms with van der Waals surface area (Å²) in [4.78, 5) is 27.9. The summed E-state index contributed by atoms with van der Waals surface area (Å²) >= 11 is 0. The second kappa shape index (κ2) is 12.4. The van der Waals surface area contributed by atoms with Crippen LogP contribution in [0, 0.1) is 0 Å². The standard InChI is InChI=1S/C30H31F3N2O6/c1-29(27(36)37,40-25-6-4-3-5-7-25)18-21-8-12-24(13-9-21)39-17-16-23-20-35(28(38)34(23)2)19-22-10-14-26(15-11-22)41-30(31,32)33/h3-15,23H,16-20H2,1-2H3,(H,36,37)/t23-,29-/m0/s1. The molecule has 8 nitrogen and oxygen atoms in total. The third-order valence-electron chi connectivity index (χ3n) is 6.80. The fourth-order valence-corrected chi connectivity index (χ4v) is 4.58. The molecule has 1 saturated heterocycles. The lowest BCUT2D eigenvalue weighted by Gasteiger charge is -2.26. The molecular formula is C30H31F3N2O6. The first kappa shape index (κ1) is 29.6. The molecule has 1 heterocycles. The topological polar surface area (TPSA) is 88.5 Å². The van der Waals surface area contributed by atoms with E-state index < -0.39 is 17.9 Å². The number of amides is 2. The lowest BCUT2D eigenvalue weighted by atomic mass is 9.96. The van der Waals surface area contributed by atoms with Gasteiger partial charge in [0.15, 0.2) is 0 Å². The van der Waals surface area contributed by atoms with E-state index in [1.54, 1.807) is 65.4 Å². The quantitative estimate of drug-likeness (QED) is 0.297. The van der Waals surface area contributed by atoms with E-state index in [2.05, 4.69) is 4.74 Å². The molecule has 0 aliphatic carbocycles. The number of urea groups is 1. The lowest BCUT2D eigenvalue weighted by Crippen LogP contribution is -2.43. The van der Waals surface area contributed by atoms with Gasteiger partial charge in [-0.05, 0) is 54.4 Å². The number of nitrogens with zero attached hydrogens (tertiary/aromatic N) is 2. The van der Waals surface area contributed by atoms with Gasteiger partial charge in [-0.1, -0.05) is 42.5 Å².